The van der Waals surface area contributed by atoms with E-state index < -0.39 is 6.10 Å². The minimum Gasteiger partial charge on any atom is -0.389 e. The number of rotatable bonds is 3. The average molecular weight is 254 g/mol. The first kappa shape index (κ1) is 12.7. The Morgan fingerprint density at radius 3 is 2.82 bits per heavy atom. The predicted molar refractivity (Wildman–Crippen MR) is 72.7 cm³/mol. The van der Waals surface area contributed by atoms with Gasteiger partial charge in [-0.2, -0.15) is 0 Å². The lowest BCUT2D eigenvalue weighted by atomic mass is 10.1. The van der Waals surface area contributed by atoms with E-state index in [0.29, 0.717) is 0 Å². The molecule has 0 radical (unpaired) electrons. The van der Waals surface area contributed by atoms with Crippen molar-refractivity contribution < 1.29 is 5.11 Å². The summed E-state index contributed by atoms with van der Waals surface area (Å²) in [6.07, 6.45) is 2.04. The Morgan fingerprint density at radius 1 is 1.53 bits per heavy atom. The standard InChI is InChI=1S/C14H20ClNO/c1-3-11-6-7-16(9-11)14-5-4-12(10(2)17)8-13(14)15/h4-5,8,10-11,17H,3,6-7,9H2,1-2H3/t10-,11?/m0/s1. The Labute approximate surface area is 108 Å². The molecule has 94 valence electrons. The van der Waals surface area contributed by atoms with Crippen LogP contribution in [0.15, 0.2) is 18.2 Å². The average Bonchev–Trinajstić information content (AvgIpc) is 2.77. The van der Waals surface area contributed by atoms with Crippen LogP contribution in [-0.4, -0.2) is 18.2 Å². The SMILES string of the molecule is CCC1CCN(c2ccc([C@H](C)O)cc2Cl)C1. The number of hydrogen-bond donors (Lipinski definition) is 1. The van der Waals surface area contributed by atoms with E-state index in [0.717, 1.165) is 35.3 Å². The second kappa shape index (κ2) is 5.28. The van der Waals surface area contributed by atoms with Gasteiger partial charge in [0.15, 0.2) is 0 Å². The van der Waals surface area contributed by atoms with Crippen LogP contribution in [0.5, 0.6) is 0 Å². The van der Waals surface area contributed by atoms with Crippen LogP contribution >= 0.6 is 11.6 Å². The number of aliphatic hydroxyl groups is 1. The van der Waals surface area contributed by atoms with Gasteiger partial charge in [-0.25, -0.2) is 0 Å². The molecule has 1 fully saturated rings. The van der Waals surface area contributed by atoms with E-state index in [4.69, 9.17) is 11.6 Å². The largest absolute Gasteiger partial charge is 0.389 e. The molecule has 1 aliphatic heterocycles. The molecule has 0 spiro atoms. The highest BCUT2D eigenvalue weighted by atomic mass is 35.5. The van der Waals surface area contributed by atoms with Crippen molar-refractivity contribution in [3.8, 4) is 0 Å². The van der Waals surface area contributed by atoms with E-state index in [1.54, 1.807) is 6.92 Å². The van der Waals surface area contributed by atoms with Crippen LogP contribution in [0.1, 0.15) is 38.4 Å². The van der Waals surface area contributed by atoms with Crippen LogP contribution in [0, 0.1) is 5.92 Å². The van der Waals surface area contributed by atoms with Crippen LogP contribution in [0.25, 0.3) is 0 Å². The minimum absolute atomic E-state index is 0.455. The zero-order valence-electron chi connectivity index (χ0n) is 10.5. The van der Waals surface area contributed by atoms with Gasteiger partial charge in [-0.1, -0.05) is 31.0 Å². The Morgan fingerprint density at radius 2 is 2.29 bits per heavy atom. The summed E-state index contributed by atoms with van der Waals surface area (Å²) in [5.41, 5.74) is 1.98. The van der Waals surface area contributed by atoms with Crippen molar-refractivity contribution in [1.29, 1.82) is 0 Å². The molecule has 0 bridgehead atoms. The second-order valence-corrected chi connectivity index (χ2v) is 5.30. The van der Waals surface area contributed by atoms with E-state index in [9.17, 15) is 5.11 Å². The molecular formula is C14H20ClNO. The highest BCUT2D eigenvalue weighted by Gasteiger charge is 2.22. The summed E-state index contributed by atoms with van der Waals surface area (Å²) in [4.78, 5) is 2.35. The van der Waals surface area contributed by atoms with E-state index >= 15 is 0 Å². The zero-order chi connectivity index (χ0) is 12.4. The second-order valence-electron chi connectivity index (χ2n) is 4.90. The summed E-state index contributed by atoms with van der Waals surface area (Å²) in [6, 6.07) is 5.87. The maximum Gasteiger partial charge on any atom is 0.0762 e. The molecule has 3 heteroatoms. The summed E-state index contributed by atoms with van der Waals surface area (Å²) < 4.78 is 0. The molecule has 2 atom stereocenters. The van der Waals surface area contributed by atoms with Crippen LogP contribution in [0.4, 0.5) is 5.69 Å². The lowest BCUT2D eigenvalue weighted by molar-refractivity contribution is 0.199. The van der Waals surface area contributed by atoms with E-state index in [1.165, 1.54) is 12.8 Å². The van der Waals surface area contributed by atoms with Crippen molar-refractivity contribution in [3.05, 3.63) is 28.8 Å². The summed E-state index contributed by atoms with van der Waals surface area (Å²) in [7, 11) is 0. The number of nitrogens with zero attached hydrogens (tertiary/aromatic N) is 1. The maximum atomic E-state index is 9.51. The zero-order valence-corrected chi connectivity index (χ0v) is 11.2. The number of anilines is 1. The third-order valence-electron chi connectivity index (χ3n) is 3.66. The van der Waals surface area contributed by atoms with Gasteiger partial charge in [0.05, 0.1) is 16.8 Å². The fourth-order valence-corrected chi connectivity index (χ4v) is 2.73. The summed E-state index contributed by atoms with van der Waals surface area (Å²) >= 11 is 6.29. The van der Waals surface area contributed by atoms with Crippen LogP contribution < -0.4 is 4.90 Å². The molecule has 1 aromatic carbocycles. The lowest BCUT2D eigenvalue weighted by Gasteiger charge is -2.21. The van der Waals surface area contributed by atoms with Gasteiger partial charge in [0, 0.05) is 13.1 Å². The molecule has 1 unspecified atom stereocenters. The van der Waals surface area contributed by atoms with Crippen molar-refractivity contribution in [2.45, 2.75) is 32.8 Å². The van der Waals surface area contributed by atoms with Gasteiger partial charge >= 0.3 is 0 Å². The van der Waals surface area contributed by atoms with Gasteiger partial charge < -0.3 is 10.0 Å². The van der Waals surface area contributed by atoms with Crippen molar-refractivity contribution in [2.24, 2.45) is 5.92 Å². The predicted octanol–water partition coefficient (Wildman–Crippen LogP) is 3.63. The third-order valence-corrected chi connectivity index (χ3v) is 3.96. The van der Waals surface area contributed by atoms with Gasteiger partial charge in [-0.15, -0.1) is 0 Å². The number of benzene rings is 1. The minimum atomic E-state index is -0.455. The molecule has 2 nitrogen and oxygen atoms in total. The van der Waals surface area contributed by atoms with Gasteiger partial charge in [0.25, 0.3) is 0 Å². The highest BCUT2D eigenvalue weighted by molar-refractivity contribution is 6.33. The normalized spacial score (nSPS) is 21.9. The maximum absolute atomic E-state index is 9.51. The van der Waals surface area contributed by atoms with Crippen LogP contribution in [0.2, 0.25) is 5.02 Å². The summed E-state index contributed by atoms with van der Waals surface area (Å²) in [6.45, 7) is 6.19. The first-order valence-corrected chi connectivity index (χ1v) is 6.72. The lowest BCUT2D eigenvalue weighted by Crippen LogP contribution is -2.19. The molecule has 2 rings (SSSR count). The summed E-state index contributed by atoms with van der Waals surface area (Å²) in [5, 5.41) is 10.3. The topological polar surface area (TPSA) is 23.5 Å². The third kappa shape index (κ3) is 2.75. The Kier molecular flexibility index (Phi) is 3.95. The van der Waals surface area contributed by atoms with Gasteiger partial charge in [-0.3, -0.25) is 0 Å². The first-order valence-electron chi connectivity index (χ1n) is 6.34. The molecule has 1 saturated heterocycles. The summed E-state index contributed by atoms with van der Waals surface area (Å²) in [5.74, 6) is 0.794. The van der Waals surface area contributed by atoms with Crippen molar-refractivity contribution in [3.63, 3.8) is 0 Å². The van der Waals surface area contributed by atoms with E-state index in [1.807, 2.05) is 18.2 Å². The quantitative estimate of drug-likeness (QED) is 0.889. The molecule has 0 amide bonds. The molecule has 1 heterocycles. The molecule has 1 aromatic rings. The number of aliphatic hydroxyl groups excluding tert-OH is 1. The van der Waals surface area contributed by atoms with Gasteiger partial charge in [0.2, 0.25) is 0 Å². The highest BCUT2D eigenvalue weighted by Crippen LogP contribution is 2.33. The number of hydrogen-bond acceptors (Lipinski definition) is 2. The fraction of sp³-hybridized carbons (Fsp3) is 0.571. The van der Waals surface area contributed by atoms with Crippen molar-refractivity contribution in [2.75, 3.05) is 18.0 Å². The molecule has 1 N–H and O–H groups in total. The molecule has 0 aromatic heterocycles. The first-order chi connectivity index (χ1) is 8.11. The van der Waals surface area contributed by atoms with Gasteiger partial charge in [-0.05, 0) is 37.0 Å². The monoisotopic (exact) mass is 253 g/mol. The molecule has 17 heavy (non-hydrogen) atoms. The van der Waals surface area contributed by atoms with Gasteiger partial charge in [0.1, 0.15) is 0 Å². The van der Waals surface area contributed by atoms with Crippen LogP contribution in [0.3, 0.4) is 0 Å². The van der Waals surface area contributed by atoms with E-state index in [2.05, 4.69) is 11.8 Å². The van der Waals surface area contributed by atoms with Crippen molar-refractivity contribution in [1.82, 2.24) is 0 Å². The Hall–Kier alpha value is -0.730. The Balaban J connectivity index is 2.17. The van der Waals surface area contributed by atoms with E-state index in [-0.39, 0.29) is 0 Å². The molecular weight excluding hydrogens is 234 g/mol. The van der Waals surface area contributed by atoms with Crippen LogP contribution in [-0.2, 0) is 0 Å². The Bertz CT molecular complexity index is 392. The molecule has 1 aliphatic rings. The molecule has 0 saturated carbocycles. The van der Waals surface area contributed by atoms with Crippen molar-refractivity contribution >= 4 is 17.3 Å². The molecule has 0 aliphatic carbocycles. The smallest absolute Gasteiger partial charge is 0.0762 e. The number of halogens is 1. The fourth-order valence-electron chi connectivity index (χ4n) is 2.42.